The van der Waals surface area contributed by atoms with E-state index in [0.29, 0.717) is 57.3 Å². The van der Waals surface area contributed by atoms with Crippen molar-refractivity contribution in [2.24, 2.45) is 0 Å². The fourth-order valence-electron chi connectivity index (χ4n) is 3.00. The van der Waals surface area contributed by atoms with Crippen LogP contribution >= 0.6 is 0 Å². The highest BCUT2D eigenvalue weighted by atomic mass is 32.2. The molecule has 1 amide bonds. The molecular weight excluding hydrogens is 348 g/mol. The molecule has 0 aliphatic carbocycles. The second-order valence-corrected chi connectivity index (χ2v) is 7.75. The Labute approximate surface area is 147 Å². The largest absolute Gasteiger partial charge is 0.486 e. The Bertz CT molecular complexity index is 736. The van der Waals surface area contributed by atoms with Crippen LogP contribution in [0.25, 0.3) is 0 Å². The molecule has 2 aliphatic heterocycles. The molecule has 0 radical (unpaired) electrons. The van der Waals surface area contributed by atoms with Crippen LogP contribution in [0.1, 0.15) is 12.8 Å². The van der Waals surface area contributed by atoms with Crippen LogP contribution in [0.2, 0.25) is 0 Å². The molecule has 1 N–H and O–H groups in total. The number of carbonyl (C=O) groups excluding carboxylic acids is 1. The van der Waals surface area contributed by atoms with Crippen molar-refractivity contribution in [1.29, 1.82) is 0 Å². The van der Waals surface area contributed by atoms with E-state index in [-0.39, 0.29) is 10.8 Å². The van der Waals surface area contributed by atoms with Crippen LogP contribution in [0.4, 0.5) is 0 Å². The van der Waals surface area contributed by atoms with Crippen LogP contribution in [0.3, 0.4) is 0 Å². The highest BCUT2D eigenvalue weighted by Crippen LogP contribution is 2.34. The molecule has 2 heterocycles. The average molecular weight is 370 g/mol. The molecule has 1 aromatic rings. The molecule has 0 saturated carbocycles. The summed E-state index contributed by atoms with van der Waals surface area (Å²) in [4.78, 5) is 12.4. The smallest absolute Gasteiger partial charge is 0.243 e. The molecule has 3 rings (SSSR count). The number of ether oxygens (including phenoxy) is 3. The molecule has 1 saturated heterocycles. The number of rotatable bonds is 6. The van der Waals surface area contributed by atoms with E-state index >= 15 is 0 Å². The molecule has 0 bridgehead atoms. The molecule has 0 spiro atoms. The number of methoxy groups -OCH3 is 1. The molecule has 2 aliphatic rings. The van der Waals surface area contributed by atoms with Crippen molar-refractivity contribution in [3.8, 4) is 11.5 Å². The Hall–Kier alpha value is -1.84. The average Bonchev–Trinajstić information content (AvgIpc) is 3.12. The lowest BCUT2D eigenvalue weighted by atomic mass is 10.2. The van der Waals surface area contributed by atoms with Crippen molar-refractivity contribution >= 4 is 15.9 Å². The van der Waals surface area contributed by atoms with Gasteiger partial charge in [-0.05, 0) is 25.0 Å². The topological polar surface area (TPSA) is 94.2 Å². The third kappa shape index (κ3) is 3.73. The second kappa shape index (κ2) is 7.59. The maximum Gasteiger partial charge on any atom is 0.243 e. The molecular formula is C16H22N2O6S. The fourth-order valence-corrected chi connectivity index (χ4v) is 4.68. The van der Waals surface area contributed by atoms with Crippen LogP contribution in [0.15, 0.2) is 23.1 Å². The van der Waals surface area contributed by atoms with Gasteiger partial charge in [0.1, 0.15) is 19.3 Å². The minimum Gasteiger partial charge on any atom is -0.486 e. The zero-order valence-corrected chi connectivity index (χ0v) is 14.9. The van der Waals surface area contributed by atoms with E-state index in [9.17, 15) is 13.2 Å². The van der Waals surface area contributed by atoms with Gasteiger partial charge in [0.2, 0.25) is 15.9 Å². The van der Waals surface area contributed by atoms with Crippen molar-refractivity contribution in [1.82, 2.24) is 9.62 Å². The summed E-state index contributed by atoms with van der Waals surface area (Å²) >= 11 is 0. The van der Waals surface area contributed by atoms with Crippen molar-refractivity contribution in [2.45, 2.75) is 23.8 Å². The van der Waals surface area contributed by atoms with Gasteiger partial charge in [-0.3, -0.25) is 4.79 Å². The Morgan fingerprint density at radius 3 is 2.84 bits per heavy atom. The van der Waals surface area contributed by atoms with Gasteiger partial charge in [-0.2, -0.15) is 4.31 Å². The molecule has 0 unspecified atom stereocenters. The van der Waals surface area contributed by atoms with Crippen molar-refractivity contribution in [3.05, 3.63) is 18.2 Å². The summed E-state index contributed by atoms with van der Waals surface area (Å²) in [5.74, 6) is 0.642. The van der Waals surface area contributed by atoms with Crippen LogP contribution in [-0.2, 0) is 19.6 Å². The van der Waals surface area contributed by atoms with Crippen molar-refractivity contribution in [2.75, 3.05) is 40.0 Å². The van der Waals surface area contributed by atoms with Gasteiger partial charge < -0.3 is 19.5 Å². The summed E-state index contributed by atoms with van der Waals surface area (Å²) in [6.07, 6.45) is 1.15. The minimum absolute atomic E-state index is 0.105. The molecule has 0 aromatic heterocycles. The van der Waals surface area contributed by atoms with Crippen LogP contribution in [0.5, 0.6) is 11.5 Å². The first kappa shape index (κ1) is 18.0. The van der Waals surface area contributed by atoms with Gasteiger partial charge in [-0.25, -0.2) is 8.42 Å². The van der Waals surface area contributed by atoms with E-state index in [2.05, 4.69) is 5.32 Å². The number of amides is 1. The van der Waals surface area contributed by atoms with Crippen LogP contribution in [0, 0.1) is 0 Å². The number of hydrogen-bond donors (Lipinski definition) is 1. The number of hydrogen-bond acceptors (Lipinski definition) is 6. The molecule has 1 atom stereocenters. The second-order valence-electron chi connectivity index (χ2n) is 5.86. The molecule has 25 heavy (non-hydrogen) atoms. The lowest BCUT2D eigenvalue weighted by molar-refractivity contribution is -0.124. The first-order valence-electron chi connectivity index (χ1n) is 8.22. The highest BCUT2D eigenvalue weighted by molar-refractivity contribution is 7.89. The Balaban J connectivity index is 1.80. The van der Waals surface area contributed by atoms with E-state index in [4.69, 9.17) is 14.2 Å². The first-order valence-corrected chi connectivity index (χ1v) is 9.66. The maximum absolute atomic E-state index is 13.0. The van der Waals surface area contributed by atoms with Gasteiger partial charge in [0, 0.05) is 26.3 Å². The number of sulfonamides is 1. The van der Waals surface area contributed by atoms with Gasteiger partial charge in [0.05, 0.1) is 11.5 Å². The lowest BCUT2D eigenvalue weighted by Gasteiger charge is -2.24. The van der Waals surface area contributed by atoms with E-state index in [0.717, 1.165) is 0 Å². The van der Waals surface area contributed by atoms with Crippen molar-refractivity contribution in [3.63, 3.8) is 0 Å². The van der Waals surface area contributed by atoms with E-state index in [1.54, 1.807) is 13.2 Å². The Kier molecular flexibility index (Phi) is 5.45. The van der Waals surface area contributed by atoms with Gasteiger partial charge in [0.15, 0.2) is 11.5 Å². The van der Waals surface area contributed by atoms with Crippen LogP contribution in [-0.4, -0.2) is 64.7 Å². The summed E-state index contributed by atoms with van der Waals surface area (Å²) in [5.41, 5.74) is 0. The summed E-state index contributed by atoms with van der Waals surface area (Å²) < 4.78 is 43.0. The Morgan fingerprint density at radius 1 is 1.32 bits per heavy atom. The third-order valence-electron chi connectivity index (χ3n) is 4.23. The standard InChI is InChI=1S/C16H22N2O6S/c1-22-8-6-17-16(19)13-3-2-7-18(13)25(20,21)12-4-5-14-15(11-12)24-10-9-23-14/h4-5,11,13H,2-3,6-10H2,1H3,(H,17,19)/t13-/m1/s1. The van der Waals surface area contributed by atoms with Gasteiger partial charge in [0.25, 0.3) is 0 Å². The minimum atomic E-state index is -3.79. The summed E-state index contributed by atoms with van der Waals surface area (Å²) in [6.45, 7) is 1.87. The zero-order chi connectivity index (χ0) is 17.9. The lowest BCUT2D eigenvalue weighted by Crippen LogP contribution is -2.46. The number of fused-ring (bicyclic) bond motifs is 1. The first-order chi connectivity index (χ1) is 12.0. The summed E-state index contributed by atoms with van der Waals surface area (Å²) in [7, 11) is -2.25. The quantitative estimate of drug-likeness (QED) is 0.728. The number of nitrogens with zero attached hydrogens (tertiary/aromatic N) is 1. The highest BCUT2D eigenvalue weighted by Gasteiger charge is 2.39. The fraction of sp³-hybridized carbons (Fsp3) is 0.562. The van der Waals surface area contributed by atoms with E-state index in [1.165, 1.54) is 16.4 Å². The molecule has 8 nitrogen and oxygen atoms in total. The Morgan fingerprint density at radius 2 is 2.08 bits per heavy atom. The SMILES string of the molecule is COCCNC(=O)[C@H]1CCCN1S(=O)(=O)c1ccc2c(c1)OCCO2. The maximum atomic E-state index is 13.0. The molecule has 1 fully saturated rings. The van der Waals surface area contributed by atoms with Crippen molar-refractivity contribution < 1.29 is 27.4 Å². The monoisotopic (exact) mass is 370 g/mol. The number of carbonyl (C=O) groups is 1. The predicted molar refractivity (Wildman–Crippen MR) is 89.2 cm³/mol. The van der Waals surface area contributed by atoms with Gasteiger partial charge in [-0.15, -0.1) is 0 Å². The summed E-state index contributed by atoms with van der Waals surface area (Å²) in [6, 6.07) is 3.84. The van der Waals surface area contributed by atoms with E-state index in [1.807, 2.05) is 0 Å². The molecule has 9 heteroatoms. The van der Waals surface area contributed by atoms with Gasteiger partial charge in [-0.1, -0.05) is 0 Å². The predicted octanol–water partition coefficient (Wildman–Crippen LogP) is 0.373. The van der Waals surface area contributed by atoms with Gasteiger partial charge >= 0.3 is 0 Å². The number of nitrogens with one attached hydrogen (secondary N) is 1. The number of benzene rings is 1. The normalized spacial score (nSPS) is 20.4. The third-order valence-corrected chi connectivity index (χ3v) is 6.14. The summed E-state index contributed by atoms with van der Waals surface area (Å²) in [5, 5.41) is 2.71. The molecule has 138 valence electrons. The zero-order valence-electron chi connectivity index (χ0n) is 14.1. The van der Waals surface area contributed by atoms with E-state index < -0.39 is 16.1 Å². The van der Waals surface area contributed by atoms with Crippen LogP contribution < -0.4 is 14.8 Å². The molecule has 1 aromatic carbocycles.